The molecule has 1 heterocycles. The van der Waals surface area contributed by atoms with Crippen molar-refractivity contribution < 1.29 is 9.53 Å². The smallest absolute Gasteiger partial charge is 0.152 e. The highest BCUT2D eigenvalue weighted by molar-refractivity contribution is 6.31. The third-order valence-electron chi connectivity index (χ3n) is 3.65. The minimum atomic E-state index is 0.217. The summed E-state index contributed by atoms with van der Waals surface area (Å²) in [5.41, 5.74) is 1.59. The molecule has 0 N–H and O–H groups in total. The van der Waals surface area contributed by atoms with Crippen LogP contribution < -0.4 is 4.90 Å². The number of halogens is 1. The Bertz CT molecular complexity index is 436. The molecule has 0 saturated carbocycles. The van der Waals surface area contributed by atoms with Gasteiger partial charge < -0.3 is 9.64 Å². The van der Waals surface area contributed by atoms with E-state index in [4.69, 9.17) is 16.3 Å². The molecule has 2 unspecified atom stereocenters. The van der Waals surface area contributed by atoms with Gasteiger partial charge in [0, 0.05) is 36.5 Å². The highest BCUT2D eigenvalue weighted by Gasteiger charge is 2.27. The van der Waals surface area contributed by atoms with Crippen LogP contribution in [0.5, 0.6) is 0 Å². The summed E-state index contributed by atoms with van der Waals surface area (Å²) in [5, 5.41) is 0.592. The molecule has 1 aromatic rings. The number of aldehydes is 1. The van der Waals surface area contributed by atoms with E-state index in [1.807, 2.05) is 12.1 Å². The van der Waals surface area contributed by atoms with Crippen LogP contribution in [0, 0.1) is 5.92 Å². The average molecular weight is 268 g/mol. The Morgan fingerprint density at radius 2 is 2.28 bits per heavy atom. The fraction of sp³-hybridized carbons (Fsp3) is 0.500. The van der Waals surface area contributed by atoms with Gasteiger partial charge in [0.1, 0.15) is 0 Å². The van der Waals surface area contributed by atoms with Crippen molar-refractivity contribution in [2.75, 3.05) is 25.1 Å². The number of piperidine rings is 1. The molecule has 0 radical (unpaired) electrons. The average Bonchev–Trinajstić information content (AvgIpc) is 2.39. The largest absolute Gasteiger partial charge is 0.379 e. The highest BCUT2D eigenvalue weighted by Crippen LogP contribution is 2.28. The monoisotopic (exact) mass is 267 g/mol. The molecule has 2 rings (SSSR count). The van der Waals surface area contributed by atoms with Gasteiger partial charge in [-0.25, -0.2) is 0 Å². The van der Waals surface area contributed by atoms with E-state index in [9.17, 15) is 4.79 Å². The molecule has 1 saturated heterocycles. The predicted octanol–water partition coefficient (Wildman–Crippen LogP) is 3.01. The van der Waals surface area contributed by atoms with Gasteiger partial charge in [-0.05, 0) is 30.5 Å². The van der Waals surface area contributed by atoms with Crippen molar-refractivity contribution in [2.45, 2.75) is 19.4 Å². The summed E-state index contributed by atoms with van der Waals surface area (Å²) in [6.07, 6.45) is 2.15. The zero-order valence-corrected chi connectivity index (χ0v) is 11.5. The van der Waals surface area contributed by atoms with Gasteiger partial charge in [0.25, 0.3) is 0 Å². The predicted molar refractivity (Wildman–Crippen MR) is 73.6 cm³/mol. The fourth-order valence-corrected chi connectivity index (χ4v) is 2.65. The number of nitrogens with zero attached hydrogens (tertiary/aromatic N) is 1. The zero-order valence-electron chi connectivity index (χ0n) is 10.7. The van der Waals surface area contributed by atoms with E-state index in [0.29, 0.717) is 16.5 Å². The fourth-order valence-electron chi connectivity index (χ4n) is 2.47. The zero-order chi connectivity index (χ0) is 13.1. The minimum absolute atomic E-state index is 0.217. The molecule has 1 fully saturated rings. The van der Waals surface area contributed by atoms with Gasteiger partial charge in [-0.3, -0.25) is 4.79 Å². The van der Waals surface area contributed by atoms with Crippen LogP contribution in [0.3, 0.4) is 0 Å². The first kappa shape index (κ1) is 13.4. The number of carbonyl (C=O) groups excluding carboxylic acids is 1. The Morgan fingerprint density at radius 3 is 2.94 bits per heavy atom. The molecule has 3 nitrogen and oxygen atoms in total. The van der Waals surface area contributed by atoms with Gasteiger partial charge in [-0.15, -0.1) is 0 Å². The molecule has 0 bridgehead atoms. The Hall–Kier alpha value is -1.06. The van der Waals surface area contributed by atoms with Crippen molar-refractivity contribution in [2.24, 2.45) is 5.92 Å². The van der Waals surface area contributed by atoms with Crippen LogP contribution in [0.15, 0.2) is 18.2 Å². The normalized spacial score (nSPS) is 24.1. The molecule has 1 aromatic carbocycles. The summed E-state index contributed by atoms with van der Waals surface area (Å²) in [6.45, 7) is 3.97. The van der Waals surface area contributed by atoms with E-state index in [1.54, 1.807) is 13.2 Å². The standard InChI is InChI=1S/C14H18ClNO2/c1-10-5-6-16(8-14(10)18-2)13-4-3-12(15)7-11(13)9-17/h3-4,7,9-10,14H,5-6,8H2,1-2H3. The lowest BCUT2D eigenvalue weighted by atomic mass is 9.95. The van der Waals surface area contributed by atoms with Crippen molar-refractivity contribution in [3.05, 3.63) is 28.8 Å². The van der Waals surface area contributed by atoms with Crippen LogP contribution in [-0.4, -0.2) is 32.6 Å². The first-order valence-corrected chi connectivity index (χ1v) is 6.56. The maximum Gasteiger partial charge on any atom is 0.152 e. The molecule has 0 aliphatic carbocycles. The summed E-state index contributed by atoms with van der Waals surface area (Å²) in [7, 11) is 1.74. The summed E-state index contributed by atoms with van der Waals surface area (Å²) >= 11 is 5.91. The number of hydrogen-bond donors (Lipinski definition) is 0. The van der Waals surface area contributed by atoms with Crippen molar-refractivity contribution >= 4 is 23.6 Å². The molecule has 0 amide bonds. The second-order valence-electron chi connectivity index (χ2n) is 4.81. The number of ether oxygens (including phenoxy) is 1. The Morgan fingerprint density at radius 1 is 1.50 bits per heavy atom. The van der Waals surface area contributed by atoms with E-state index >= 15 is 0 Å². The maximum atomic E-state index is 11.1. The Labute approximate surface area is 113 Å². The van der Waals surface area contributed by atoms with E-state index in [2.05, 4.69) is 11.8 Å². The summed E-state index contributed by atoms with van der Waals surface area (Å²) < 4.78 is 5.50. The van der Waals surface area contributed by atoms with Crippen molar-refractivity contribution in [1.82, 2.24) is 0 Å². The lowest BCUT2D eigenvalue weighted by Gasteiger charge is -2.38. The summed E-state index contributed by atoms with van der Waals surface area (Å²) in [6, 6.07) is 5.45. The van der Waals surface area contributed by atoms with Crippen LogP contribution in [0.2, 0.25) is 5.02 Å². The van der Waals surface area contributed by atoms with E-state index in [1.165, 1.54) is 0 Å². The third kappa shape index (κ3) is 2.68. The first-order valence-electron chi connectivity index (χ1n) is 6.18. The van der Waals surface area contributed by atoms with Crippen molar-refractivity contribution in [1.29, 1.82) is 0 Å². The summed E-state index contributed by atoms with van der Waals surface area (Å²) in [5.74, 6) is 0.554. The lowest BCUT2D eigenvalue weighted by molar-refractivity contribution is 0.0498. The van der Waals surface area contributed by atoms with Gasteiger partial charge in [-0.1, -0.05) is 18.5 Å². The molecule has 2 atom stereocenters. The van der Waals surface area contributed by atoms with Crippen LogP contribution in [0.4, 0.5) is 5.69 Å². The third-order valence-corrected chi connectivity index (χ3v) is 3.88. The Kier molecular flexibility index (Phi) is 4.25. The quantitative estimate of drug-likeness (QED) is 0.789. The van der Waals surface area contributed by atoms with Gasteiger partial charge in [0.05, 0.1) is 6.10 Å². The number of hydrogen-bond acceptors (Lipinski definition) is 3. The number of methoxy groups -OCH3 is 1. The number of rotatable bonds is 3. The molecular weight excluding hydrogens is 250 g/mol. The van der Waals surface area contributed by atoms with Crippen LogP contribution >= 0.6 is 11.6 Å². The van der Waals surface area contributed by atoms with Crippen LogP contribution in [-0.2, 0) is 4.74 Å². The molecule has 0 spiro atoms. The van der Waals surface area contributed by atoms with Crippen molar-refractivity contribution in [3.8, 4) is 0 Å². The second-order valence-corrected chi connectivity index (χ2v) is 5.24. The summed E-state index contributed by atoms with van der Waals surface area (Å²) in [4.78, 5) is 13.3. The van der Waals surface area contributed by atoms with Crippen LogP contribution in [0.25, 0.3) is 0 Å². The number of anilines is 1. The lowest BCUT2D eigenvalue weighted by Crippen LogP contribution is -2.44. The van der Waals surface area contributed by atoms with E-state index < -0.39 is 0 Å². The van der Waals surface area contributed by atoms with Crippen LogP contribution in [0.1, 0.15) is 23.7 Å². The molecule has 4 heteroatoms. The highest BCUT2D eigenvalue weighted by atomic mass is 35.5. The molecule has 0 aromatic heterocycles. The molecule has 18 heavy (non-hydrogen) atoms. The van der Waals surface area contributed by atoms with Gasteiger partial charge in [-0.2, -0.15) is 0 Å². The van der Waals surface area contributed by atoms with E-state index in [-0.39, 0.29) is 6.10 Å². The maximum absolute atomic E-state index is 11.1. The minimum Gasteiger partial charge on any atom is -0.379 e. The first-order chi connectivity index (χ1) is 8.65. The van der Waals surface area contributed by atoms with E-state index in [0.717, 1.165) is 31.5 Å². The van der Waals surface area contributed by atoms with Crippen molar-refractivity contribution in [3.63, 3.8) is 0 Å². The van der Waals surface area contributed by atoms with Gasteiger partial charge in [0.15, 0.2) is 6.29 Å². The second kappa shape index (κ2) is 5.72. The molecule has 1 aliphatic rings. The topological polar surface area (TPSA) is 29.5 Å². The molecule has 98 valence electrons. The molecular formula is C14H18ClNO2. The number of benzene rings is 1. The number of carbonyl (C=O) groups is 1. The SMILES string of the molecule is COC1CN(c2ccc(Cl)cc2C=O)CCC1C. The van der Waals surface area contributed by atoms with Gasteiger partial charge >= 0.3 is 0 Å². The Balaban J connectivity index is 2.24. The van der Waals surface area contributed by atoms with Gasteiger partial charge in [0.2, 0.25) is 0 Å². The molecule has 1 aliphatic heterocycles.